The maximum atomic E-state index is 5.96. The number of benzene rings is 2. The van der Waals surface area contributed by atoms with Crippen LogP contribution in [0, 0.1) is 0 Å². The van der Waals surface area contributed by atoms with Gasteiger partial charge < -0.3 is 14.8 Å². The number of nitrogens with zero attached hydrogens (tertiary/aromatic N) is 4. The molecule has 0 amide bonds. The zero-order valence-electron chi connectivity index (χ0n) is 17.7. The van der Waals surface area contributed by atoms with Crippen LogP contribution >= 0.6 is 12.4 Å². The lowest BCUT2D eigenvalue weighted by Crippen LogP contribution is -2.15. The Labute approximate surface area is 188 Å². The van der Waals surface area contributed by atoms with Gasteiger partial charge in [-0.05, 0) is 78.9 Å². The van der Waals surface area contributed by atoms with E-state index >= 15 is 0 Å². The van der Waals surface area contributed by atoms with Crippen molar-refractivity contribution in [2.45, 2.75) is 38.6 Å². The molecule has 1 N–H and O–H groups in total. The topological polar surface area (TPSA) is 74.1 Å². The lowest BCUT2D eigenvalue weighted by atomic mass is 9.97. The second-order valence-corrected chi connectivity index (χ2v) is 7.33. The first-order valence-electron chi connectivity index (χ1n) is 10.4. The number of methoxy groups -OCH3 is 1. The summed E-state index contributed by atoms with van der Waals surface area (Å²) >= 11 is 0. The van der Waals surface area contributed by atoms with E-state index in [-0.39, 0.29) is 18.4 Å². The van der Waals surface area contributed by atoms with E-state index in [1.807, 2.05) is 48.5 Å². The lowest BCUT2D eigenvalue weighted by molar-refractivity contribution is 0.362. The molecule has 0 aliphatic heterocycles. The zero-order chi connectivity index (χ0) is 20.6. The van der Waals surface area contributed by atoms with Crippen LogP contribution in [0.1, 0.15) is 37.7 Å². The number of para-hydroxylation sites is 1. The highest BCUT2D eigenvalue weighted by atomic mass is 35.5. The summed E-state index contributed by atoms with van der Waals surface area (Å²) in [6.07, 6.45) is 8.69. The van der Waals surface area contributed by atoms with Crippen molar-refractivity contribution in [3.05, 3.63) is 65.7 Å². The number of hydrogen-bond donors (Lipinski definition) is 1. The number of tetrazole rings is 1. The van der Waals surface area contributed by atoms with Gasteiger partial charge in [0.1, 0.15) is 0 Å². The normalized spacial score (nSPS) is 13.3. The largest absolute Gasteiger partial charge is 0.493 e. The van der Waals surface area contributed by atoms with Crippen molar-refractivity contribution in [2.75, 3.05) is 13.7 Å². The van der Waals surface area contributed by atoms with E-state index in [1.54, 1.807) is 17.4 Å². The number of halogens is 1. The number of aromatic nitrogens is 4. The molecule has 4 rings (SSSR count). The molecule has 0 fully saturated rings. The standard InChI is InChI=1S/C23H27N5O2.ClH/c1-29-22-16-19(17-24-15-14-18-8-4-2-5-9-18)12-13-21(22)30-23-25-26-27-28(23)20-10-6-3-7-11-20;/h3,6-8,10-13,16,24H,2,4-5,9,14-15,17H2,1H3;1H. The second kappa shape index (κ2) is 11.5. The molecule has 1 aromatic heterocycles. The summed E-state index contributed by atoms with van der Waals surface area (Å²) in [7, 11) is 1.63. The molecule has 1 heterocycles. The molecular formula is C23H28ClN5O2. The van der Waals surface area contributed by atoms with Gasteiger partial charge in [-0.25, -0.2) is 0 Å². The fourth-order valence-electron chi connectivity index (χ4n) is 3.59. The number of rotatable bonds is 9. The van der Waals surface area contributed by atoms with Crippen molar-refractivity contribution in [3.63, 3.8) is 0 Å². The molecule has 8 heteroatoms. The van der Waals surface area contributed by atoms with Gasteiger partial charge in [0.25, 0.3) is 0 Å². The zero-order valence-corrected chi connectivity index (χ0v) is 18.5. The van der Waals surface area contributed by atoms with Crippen LogP contribution in [0.5, 0.6) is 17.5 Å². The van der Waals surface area contributed by atoms with Crippen LogP contribution in [0.4, 0.5) is 0 Å². The van der Waals surface area contributed by atoms with Gasteiger partial charge in [-0.2, -0.15) is 4.68 Å². The summed E-state index contributed by atoms with van der Waals surface area (Å²) in [4.78, 5) is 0. The Morgan fingerprint density at radius 1 is 1.06 bits per heavy atom. The Hall–Kier alpha value is -2.90. The molecule has 0 spiro atoms. The molecule has 0 saturated carbocycles. The first-order valence-corrected chi connectivity index (χ1v) is 10.4. The van der Waals surface area contributed by atoms with E-state index in [0.717, 1.165) is 30.8 Å². The Bertz CT molecular complexity index is 991. The second-order valence-electron chi connectivity index (χ2n) is 7.33. The van der Waals surface area contributed by atoms with Gasteiger partial charge in [-0.3, -0.25) is 0 Å². The number of ether oxygens (including phenoxy) is 2. The van der Waals surface area contributed by atoms with E-state index in [4.69, 9.17) is 9.47 Å². The van der Waals surface area contributed by atoms with Crippen molar-refractivity contribution >= 4 is 12.4 Å². The summed E-state index contributed by atoms with van der Waals surface area (Å²) < 4.78 is 13.1. The molecule has 1 aliphatic carbocycles. The SMILES string of the molecule is COc1cc(CNCCC2=CCCCC2)ccc1Oc1nnnn1-c1ccccc1.Cl. The molecule has 0 atom stereocenters. The minimum absolute atomic E-state index is 0. The fraction of sp³-hybridized carbons (Fsp3) is 0.348. The van der Waals surface area contributed by atoms with Gasteiger partial charge in [0.2, 0.25) is 0 Å². The third kappa shape index (κ3) is 6.06. The van der Waals surface area contributed by atoms with Crippen LogP contribution in [0.3, 0.4) is 0 Å². The molecule has 7 nitrogen and oxygen atoms in total. The average molecular weight is 442 g/mol. The molecule has 3 aromatic rings. The predicted molar refractivity (Wildman–Crippen MR) is 122 cm³/mol. The minimum atomic E-state index is 0. The monoisotopic (exact) mass is 441 g/mol. The summed E-state index contributed by atoms with van der Waals surface area (Å²) in [5, 5.41) is 15.3. The van der Waals surface area contributed by atoms with Crippen molar-refractivity contribution in [2.24, 2.45) is 0 Å². The Kier molecular flexibility index (Phi) is 8.44. The third-order valence-corrected chi connectivity index (χ3v) is 5.21. The molecule has 0 radical (unpaired) electrons. The van der Waals surface area contributed by atoms with Crippen LogP contribution in [-0.4, -0.2) is 33.9 Å². The van der Waals surface area contributed by atoms with E-state index in [1.165, 1.54) is 25.7 Å². The quantitative estimate of drug-likeness (QED) is 0.377. The van der Waals surface area contributed by atoms with Crippen molar-refractivity contribution in [1.29, 1.82) is 0 Å². The first-order chi connectivity index (χ1) is 14.8. The molecular weight excluding hydrogens is 414 g/mol. The Morgan fingerprint density at radius 2 is 1.94 bits per heavy atom. The van der Waals surface area contributed by atoms with Crippen LogP contribution in [0.25, 0.3) is 5.69 Å². The molecule has 0 unspecified atom stereocenters. The predicted octanol–water partition coefficient (Wildman–Crippen LogP) is 4.87. The molecule has 0 bridgehead atoms. The maximum Gasteiger partial charge on any atom is 0.346 e. The first kappa shape index (κ1) is 22.8. The summed E-state index contributed by atoms with van der Waals surface area (Å²) in [5.74, 6) is 1.22. The summed E-state index contributed by atoms with van der Waals surface area (Å²) in [6, 6.07) is 15.8. The highest BCUT2D eigenvalue weighted by Gasteiger charge is 2.14. The highest BCUT2D eigenvalue weighted by molar-refractivity contribution is 5.85. The van der Waals surface area contributed by atoms with Crippen LogP contribution < -0.4 is 14.8 Å². The van der Waals surface area contributed by atoms with Gasteiger partial charge in [0.15, 0.2) is 11.5 Å². The highest BCUT2D eigenvalue weighted by Crippen LogP contribution is 2.32. The number of hydrogen-bond acceptors (Lipinski definition) is 6. The maximum absolute atomic E-state index is 5.96. The average Bonchev–Trinajstić information content (AvgIpc) is 3.27. The van der Waals surface area contributed by atoms with E-state index in [0.29, 0.717) is 11.5 Å². The van der Waals surface area contributed by atoms with Gasteiger partial charge in [-0.1, -0.05) is 41.0 Å². The number of allylic oxidation sites excluding steroid dienone is 1. The van der Waals surface area contributed by atoms with E-state index in [9.17, 15) is 0 Å². The lowest BCUT2D eigenvalue weighted by Gasteiger charge is -2.14. The Morgan fingerprint density at radius 3 is 2.71 bits per heavy atom. The van der Waals surface area contributed by atoms with Crippen LogP contribution in [0.15, 0.2) is 60.2 Å². The molecule has 0 saturated heterocycles. The summed E-state index contributed by atoms with van der Waals surface area (Å²) in [5.41, 5.74) is 3.55. The van der Waals surface area contributed by atoms with Gasteiger partial charge >= 0.3 is 6.01 Å². The minimum Gasteiger partial charge on any atom is -0.493 e. The number of nitrogens with one attached hydrogen (secondary N) is 1. The van der Waals surface area contributed by atoms with Gasteiger partial charge in [-0.15, -0.1) is 12.4 Å². The van der Waals surface area contributed by atoms with Gasteiger partial charge in [0, 0.05) is 6.54 Å². The van der Waals surface area contributed by atoms with Crippen LogP contribution in [-0.2, 0) is 6.54 Å². The fourth-order valence-corrected chi connectivity index (χ4v) is 3.59. The molecule has 31 heavy (non-hydrogen) atoms. The van der Waals surface area contributed by atoms with E-state index < -0.39 is 0 Å². The van der Waals surface area contributed by atoms with Crippen molar-refractivity contribution in [1.82, 2.24) is 25.5 Å². The smallest absolute Gasteiger partial charge is 0.346 e. The molecule has 164 valence electrons. The molecule has 1 aliphatic rings. The third-order valence-electron chi connectivity index (χ3n) is 5.21. The van der Waals surface area contributed by atoms with E-state index in [2.05, 4.69) is 26.9 Å². The summed E-state index contributed by atoms with van der Waals surface area (Å²) in [6.45, 7) is 1.77. The Balaban J connectivity index is 0.00000272. The van der Waals surface area contributed by atoms with Crippen molar-refractivity contribution < 1.29 is 9.47 Å². The molecule has 2 aromatic carbocycles. The van der Waals surface area contributed by atoms with Gasteiger partial charge in [0.05, 0.1) is 12.8 Å². The van der Waals surface area contributed by atoms with Crippen molar-refractivity contribution in [3.8, 4) is 23.2 Å². The van der Waals surface area contributed by atoms with Crippen LogP contribution in [0.2, 0.25) is 0 Å².